The van der Waals surface area contributed by atoms with Crippen LogP contribution in [0.25, 0.3) is 0 Å². The van der Waals surface area contributed by atoms with Crippen LogP contribution >= 0.6 is 23.2 Å². The molecule has 1 aromatic rings. The Labute approximate surface area is 107 Å². The maximum absolute atomic E-state index is 6.13. The van der Waals surface area contributed by atoms with E-state index in [-0.39, 0.29) is 0 Å². The Kier molecular flexibility index (Phi) is 5.39. The first-order valence-electron chi connectivity index (χ1n) is 5.41. The second kappa shape index (κ2) is 6.33. The summed E-state index contributed by atoms with van der Waals surface area (Å²) in [5.41, 5.74) is 6.54. The van der Waals surface area contributed by atoms with Gasteiger partial charge in [-0.05, 0) is 37.1 Å². The van der Waals surface area contributed by atoms with E-state index in [9.17, 15) is 0 Å². The Balaban J connectivity index is 2.69. The smallest absolute Gasteiger partial charge is 0.0654 e. The average molecular weight is 261 g/mol. The number of hydrogen-bond acceptors (Lipinski definition) is 2. The van der Waals surface area contributed by atoms with Crippen LogP contribution in [0.3, 0.4) is 0 Å². The number of halogens is 2. The normalized spacial score (nSPS) is 12.6. The quantitative estimate of drug-likeness (QED) is 0.880. The number of anilines is 1. The van der Waals surface area contributed by atoms with Crippen molar-refractivity contribution in [1.82, 2.24) is 0 Å². The molecule has 90 valence electrons. The minimum Gasteiger partial charge on any atom is -0.373 e. The van der Waals surface area contributed by atoms with Gasteiger partial charge in [-0.1, -0.05) is 30.1 Å². The van der Waals surface area contributed by atoms with Gasteiger partial charge in [0.1, 0.15) is 0 Å². The Bertz CT molecular complexity index is 342. The van der Waals surface area contributed by atoms with Gasteiger partial charge in [0.25, 0.3) is 0 Å². The van der Waals surface area contributed by atoms with Crippen LogP contribution in [-0.2, 0) is 0 Å². The summed E-state index contributed by atoms with van der Waals surface area (Å²) in [6.07, 6.45) is 1.02. The van der Waals surface area contributed by atoms with Crippen LogP contribution in [0.15, 0.2) is 18.2 Å². The maximum atomic E-state index is 6.13. The van der Waals surface area contributed by atoms with Crippen LogP contribution in [0, 0.1) is 5.92 Å². The van der Waals surface area contributed by atoms with Gasteiger partial charge in [-0.3, -0.25) is 0 Å². The minimum atomic E-state index is 0.557. The lowest BCUT2D eigenvalue weighted by Crippen LogP contribution is -2.25. The Morgan fingerprint density at radius 2 is 2.06 bits per heavy atom. The Hall–Kier alpha value is -0.440. The second-order valence-electron chi connectivity index (χ2n) is 4.16. The molecular formula is C12H18Cl2N2. The molecule has 0 bridgehead atoms. The third kappa shape index (κ3) is 3.85. The number of nitrogens with two attached hydrogens (primary N) is 1. The zero-order valence-corrected chi connectivity index (χ0v) is 11.2. The molecular weight excluding hydrogens is 243 g/mol. The van der Waals surface area contributed by atoms with E-state index in [0.29, 0.717) is 16.0 Å². The van der Waals surface area contributed by atoms with Gasteiger partial charge < -0.3 is 10.6 Å². The van der Waals surface area contributed by atoms with E-state index in [1.807, 2.05) is 19.2 Å². The first-order valence-corrected chi connectivity index (χ1v) is 6.16. The van der Waals surface area contributed by atoms with E-state index in [2.05, 4.69) is 11.8 Å². The minimum absolute atomic E-state index is 0.557. The van der Waals surface area contributed by atoms with Crippen LogP contribution in [-0.4, -0.2) is 20.1 Å². The van der Waals surface area contributed by atoms with Crippen molar-refractivity contribution in [2.45, 2.75) is 13.3 Å². The fourth-order valence-electron chi connectivity index (χ4n) is 1.73. The summed E-state index contributed by atoms with van der Waals surface area (Å²) in [6, 6.07) is 5.56. The Morgan fingerprint density at radius 3 is 2.62 bits per heavy atom. The molecule has 0 aliphatic rings. The van der Waals surface area contributed by atoms with Crippen molar-refractivity contribution in [3.63, 3.8) is 0 Å². The highest BCUT2D eigenvalue weighted by molar-refractivity contribution is 6.36. The summed E-state index contributed by atoms with van der Waals surface area (Å²) in [7, 11) is 2.03. The standard InChI is InChI=1S/C12H18Cl2N2/c1-9(5-6-15)8-16(2)12-4-3-10(13)7-11(12)14/h3-4,7,9H,5-6,8,15H2,1-2H3. The van der Waals surface area contributed by atoms with Crippen LogP contribution in [0.2, 0.25) is 10.0 Å². The highest BCUT2D eigenvalue weighted by atomic mass is 35.5. The first kappa shape index (κ1) is 13.6. The monoisotopic (exact) mass is 260 g/mol. The molecule has 0 saturated carbocycles. The Morgan fingerprint density at radius 1 is 1.38 bits per heavy atom. The van der Waals surface area contributed by atoms with Crippen molar-refractivity contribution in [3.8, 4) is 0 Å². The third-order valence-corrected chi connectivity index (χ3v) is 3.10. The summed E-state index contributed by atoms with van der Waals surface area (Å²) >= 11 is 12.0. The van der Waals surface area contributed by atoms with E-state index in [1.165, 1.54) is 0 Å². The lowest BCUT2D eigenvalue weighted by molar-refractivity contribution is 0.539. The topological polar surface area (TPSA) is 29.3 Å². The van der Waals surface area contributed by atoms with Gasteiger partial charge in [0, 0.05) is 18.6 Å². The second-order valence-corrected chi connectivity index (χ2v) is 5.00. The molecule has 2 nitrogen and oxygen atoms in total. The molecule has 0 spiro atoms. The zero-order valence-electron chi connectivity index (χ0n) is 9.71. The molecule has 0 saturated heterocycles. The number of rotatable bonds is 5. The predicted molar refractivity (Wildman–Crippen MR) is 72.6 cm³/mol. The van der Waals surface area contributed by atoms with Crippen LogP contribution in [0.1, 0.15) is 13.3 Å². The van der Waals surface area contributed by atoms with Crippen LogP contribution in [0.5, 0.6) is 0 Å². The van der Waals surface area contributed by atoms with E-state index >= 15 is 0 Å². The lowest BCUT2D eigenvalue weighted by Gasteiger charge is -2.24. The molecule has 0 heterocycles. The highest BCUT2D eigenvalue weighted by Gasteiger charge is 2.09. The summed E-state index contributed by atoms with van der Waals surface area (Å²) in [6.45, 7) is 3.86. The molecule has 0 aliphatic carbocycles. The van der Waals surface area contributed by atoms with Crippen molar-refractivity contribution < 1.29 is 0 Å². The molecule has 1 aromatic carbocycles. The molecule has 4 heteroatoms. The molecule has 0 amide bonds. The zero-order chi connectivity index (χ0) is 12.1. The molecule has 0 aromatic heterocycles. The third-order valence-electron chi connectivity index (χ3n) is 2.57. The SMILES string of the molecule is CC(CCN)CN(C)c1ccc(Cl)cc1Cl. The molecule has 0 fully saturated rings. The lowest BCUT2D eigenvalue weighted by atomic mass is 10.1. The van der Waals surface area contributed by atoms with Gasteiger partial charge >= 0.3 is 0 Å². The summed E-state index contributed by atoms with van der Waals surface area (Å²) < 4.78 is 0. The summed E-state index contributed by atoms with van der Waals surface area (Å²) in [5, 5.41) is 1.35. The average Bonchev–Trinajstić information content (AvgIpc) is 2.17. The van der Waals surface area contributed by atoms with Gasteiger partial charge in [-0.15, -0.1) is 0 Å². The number of hydrogen-bond donors (Lipinski definition) is 1. The summed E-state index contributed by atoms with van der Waals surface area (Å²) in [5.74, 6) is 0.557. The maximum Gasteiger partial charge on any atom is 0.0654 e. The van der Waals surface area contributed by atoms with E-state index in [4.69, 9.17) is 28.9 Å². The van der Waals surface area contributed by atoms with Crippen molar-refractivity contribution in [3.05, 3.63) is 28.2 Å². The van der Waals surface area contributed by atoms with Crippen molar-refractivity contribution >= 4 is 28.9 Å². The van der Waals surface area contributed by atoms with Crippen LogP contribution < -0.4 is 10.6 Å². The van der Waals surface area contributed by atoms with Gasteiger partial charge in [-0.25, -0.2) is 0 Å². The van der Waals surface area contributed by atoms with E-state index in [1.54, 1.807) is 6.07 Å². The fourth-order valence-corrected chi connectivity index (χ4v) is 2.29. The van der Waals surface area contributed by atoms with E-state index in [0.717, 1.165) is 25.2 Å². The largest absolute Gasteiger partial charge is 0.373 e. The highest BCUT2D eigenvalue weighted by Crippen LogP contribution is 2.28. The molecule has 1 unspecified atom stereocenters. The van der Waals surface area contributed by atoms with Gasteiger partial charge in [-0.2, -0.15) is 0 Å². The fraction of sp³-hybridized carbons (Fsp3) is 0.500. The molecule has 16 heavy (non-hydrogen) atoms. The molecule has 2 N–H and O–H groups in total. The molecule has 0 aliphatic heterocycles. The van der Waals surface area contributed by atoms with Crippen molar-refractivity contribution in [2.24, 2.45) is 11.7 Å². The first-order chi connectivity index (χ1) is 7.54. The van der Waals surface area contributed by atoms with Crippen LogP contribution in [0.4, 0.5) is 5.69 Å². The van der Waals surface area contributed by atoms with E-state index < -0.39 is 0 Å². The number of nitrogens with zero attached hydrogens (tertiary/aromatic N) is 1. The van der Waals surface area contributed by atoms with Gasteiger partial charge in [0.15, 0.2) is 0 Å². The van der Waals surface area contributed by atoms with Crippen molar-refractivity contribution in [2.75, 3.05) is 25.0 Å². The number of benzene rings is 1. The predicted octanol–water partition coefficient (Wildman–Crippen LogP) is 3.41. The molecule has 0 radical (unpaired) electrons. The molecule has 1 rings (SSSR count). The molecule has 1 atom stereocenters. The van der Waals surface area contributed by atoms with Gasteiger partial charge in [0.2, 0.25) is 0 Å². The summed E-state index contributed by atoms with van der Waals surface area (Å²) in [4.78, 5) is 2.14. The van der Waals surface area contributed by atoms with Gasteiger partial charge in [0.05, 0.1) is 10.7 Å². The van der Waals surface area contributed by atoms with Crippen molar-refractivity contribution in [1.29, 1.82) is 0 Å².